The molecule has 1 aromatic heterocycles. The molecule has 0 amide bonds. The Morgan fingerprint density at radius 2 is 1.95 bits per heavy atom. The summed E-state index contributed by atoms with van der Waals surface area (Å²) < 4.78 is 0. The second-order valence-corrected chi connectivity index (χ2v) is 5.88. The van der Waals surface area contributed by atoms with Crippen LogP contribution in [0.15, 0.2) is 24.4 Å². The van der Waals surface area contributed by atoms with Crippen molar-refractivity contribution < 1.29 is 0 Å². The van der Waals surface area contributed by atoms with Gasteiger partial charge in [0, 0.05) is 11.1 Å². The highest BCUT2D eigenvalue weighted by molar-refractivity contribution is 6.36. The second kappa shape index (κ2) is 6.45. The zero-order valence-corrected chi connectivity index (χ0v) is 12.8. The fourth-order valence-corrected chi connectivity index (χ4v) is 2.87. The van der Waals surface area contributed by atoms with Crippen LogP contribution in [0, 0.1) is 0 Å². The SMILES string of the molecule is Clc1ccc(Nc2nncc(NC3CCCC3)n2)c(Cl)c1. The Bertz CT molecular complexity index is 629. The molecule has 1 fully saturated rings. The first-order chi connectivity index (χ1) is 10.2. The average molecular weight is 324 g/mol. The molecule has 0 spiro atoms. The summed E-state index contributed by atoms with van der Waals surface area (Å²) in [6.07, 6.45) is 6.52. The van der Waals surface area contributed by atoms with E-state index in [9.17, 15) is 0 Å². The molecular weight excluding hydrogens is 309 g/mol. The van der Waals surface area contributed by atoms with Gasteiger partial charge >= 0.3 is 0 Å². The highest BCUT2D eigenvalue weighted by atomic mass is 35.5. The lowest BCUT2D eigenvalue weighted by molar-refractivity contribution is 0.747. The molecule has 0 bridgehead atoms. The van der Waals surface area contributed by atoms with Crippen molar-refractivity contribution in [1.82, 2.24) is 15.2 Å². The van der Waals surface area contributed by atoms with Crippen LogP contribution in [0.2, 0.25) is 10.0 Å². The summed E-state index contributed by atoms with van der Waals surface area (Å²) >= 11 is 12.0. The molecule has 2 N–H and O–H groups in total. The van der Waals surface area contributed by atoms with Crippen molar-refractivity contribution in [2.24, 2.45) is 0 Å². The molecule has 5 nitrogen and oxygen atoms in total. The minimum Gasteiger partial charge on any atom is -0.366 e. The second-order valence-electron chi connectivity index (χ2n) is 5.04. The largest absolute Gasteiger partial charge is 0.366 e. The smallest absolute Gasteiger partial charge is 0.249 e. The Morgan fingerprint density at radius 3 is 2.71 bits per heavy atom. The molecule has 1 aliphatic carbocycles. The molecule has 1 aliphatic rings. The fraction of sp³-hybridized carbons (Fsp3) is 0.357. The van der Waals surface area contributed by atoms with E-state index in [-0.39, 0.29) is 0 Å². The Hall–Kier alpha value is -1.59. The number of hydrogen-bond donors (Lipinski definition) is 2. The molecule has 1 heterocycles. The summed E-state index contributed by atoms with van der Waals surface area (Å²) in [4.78, 5) is 4.41. The van der Waals surface area contributed by atoms with E-state index in [1.54, 1.807) is 24.4 Å². The molecule has 0 aliphatic heterocycles. The lowest BCUT2D eigenvalue weighted by Gasteiger charge is -2.13. The highest BCUT2D eigenvalue weighted by Crippen LogP contribution is 2.27. The molecule has 0 radical (unpaired) electrons. The first kappa shape index (κ1) is 14.4. The van der Waals surface area contributed by atoms with E-state index in [2.05, 4.69) is 25.8 Å². The Balaban J connectivity index is 1.73. The van der Waals surface area contributed by atoms with E-state index in [0.29, 0.717) is 27.7 Å². The van der Waals surface area contributed by atoms with Gasteiger partial charge in [-0.2, -0.15) is 10.1 Å². The van der Waals surface area contributed by atoms with E-state index in [1.807, 2.05) is 0 Å². The number of rotatable bonds is 4. The number of benzene rings is 1. The number of anilines is 3. The van der Waals surface area contributed by atoms with Crippen molar-refractivity contribution in [2.45, 2.75) is 31.7 Å². The zero-order valence-electron chi connectivity index (χ0n) is 11.3. The third-order valence-corrected chi connectivity index (χ3v) is 3.99. The van der Waals surface area contributed by atoms with Crippen molar-refractivity contribution in [3.05, 3.63) is 34.4 Å². The van der Waals surface area contributed by atoms with Crippen LogP contribution < -0.4 is 10.6 Å². The molecule has 0 saturated heterocycles. The molecule has 110 valence electrons. The van der Waals surface area contributed by atoms with Crippen LogP contribution in [0.25, 0.3) is 0 Å². The summed E-state index contributed by atoms with van der Waals surface area (Å²) in [5.74, 6) is 1.13. The maximum absolute atomic E-state index is 6.12. The standard InChI is InChI=1S/C14H15Cl2N5/c15-9-5-6-12(11(16)7-9)19-14-20-13(8-17-21-14)18-10-3-1-2-4-10/h5-8,10H,1-4H2,(H2,18,19,20,21). The minimum absolute atomic E-state index is 0.405. The van der Waals surface area contributed by atoms with Crippen molar-refractivity contribution >= 4 is 40.7 Å². The van der Waals surface area contributed by atoms with Gasteiger partial charge in [-0.25, -0.2) is 0 Å². The topological polar surface area (TPSA) is 62.7 Å². The lowest BCUT2D eigenvalue weighted by atomic mass is 10.2. The molecule has 0 unspecified atom stereocenters. The normalized spacial score (nSPS) is 15.1. The number of halogens is 2. The van der Waals surface area contributed by atoms with E-state index in [1.165, 1.54) is 25.7 Å². The van der Waals surface area contributed by atoms with Crippen LogP contribution in [0.1, 0.15) is 25.7 Å². The van der Waals surface area contributed by atoms with Gasteiger partial charge in [-0.3, -0.25) is 0 Å². The highest BCUT2D eigenvalue weighted by Gasteiger charge is 2.15. The molecule has 0 atom stereocenters. The van der Waals surface area contributed by atoms with E-state index in [0.717, 1.165) is 5.82 Å². The van der Waals surface area contributed by atoms with Gasteiger partial charge in [0.05, 0.1) is 16.9 Å². The van der Waals surface area contributed by atoms with E-state index in [4.69, 9.17) is 23.2 Å². The molecule has 3 rings (SSSR count). The maximum atomic E-state index is 6.12. The number of aromatic nitrogens is 3. The fourth-order valence-electron chi connectivity index (χ4n) is 2.42. The van der Waals surface area contributed by atoms with Gasteiger partial charge in [-0.1, -0.05) is 36.0 Å². The van der Waals surface area contributed by atoms with Crippen molar-refractivity contribution in [2.75, 3.05) is 10.6 Å². The van der Waals surface area contributed by atoms with Crippen molar-refractivity contribution in [3.63, 3.8) is 0 Å². The van der Waals surface area contributed by atoms with Crippen LogP contribution in [-0.4, -0.2) is 21.2 Å². The molecule has 2 aromatic rings. The van der Waals surface area contributed by atoms with Crippen molar-refractivity contribution in [1.29, 1.82) is 0 Å². The van der Waals surface area contributed by atoms with Gasteiger partial charge < -0.3 is 10.6 Å². The molecule has 1 saturated carbocycles. The third kappa shape index (κ3) is 3.74. The van der Waals surface area contributed by atoms with Gasteiger partial charge in [-0.05, 0) is 31.0 Å². The minimum atomic E-state index is 0.405. The van der Waals surface area contributed by atoms with Crippen LogP contribution in [0.5, 0.6) is 0 Å². The van der Waals surface area contributed by atoms with E-state index >= 15 is 0 Å². The average Bonchev–Trinajstić information content (AvgIpc) is 2.95. The first-order valence-corrected chi connectivity index (χ1v) is 7.64. The van der Waals surface area contributed by atoms with Crippen LogP contribution in [0.3, 0.4) is 0 Å². The summed E-state index contributed by atoms with van der Waals surface area (Å²) in [6.45, 7) is 0. The van der Waals surface area contributed by atoms with E-state index < -0.39 is 0 Å². The lowest BCUT2D eigenvalue weighted by Crippen LogP contribution is -2.16. The predicted octanol–water partition coefficient (Wildman–Crippen LogP) is 4.28. The number of nitrogens with zero attached hydrogens (tertiary/aromatic N) is 3. The molecular formula is C14H15Cl2N5. The predicted molar refractivity (Wildman–Crippen MR) is 85.5 cm³/mol. The van der Waals surface area contributed by atoms with Gasteiger partial charge in [0.1, 0.15) is 0 Å². The summed E-state index contributed by atoms with van der Waals surface area (Å²) in [6, 6.07) is 5.68. The van der Waals surface area contributed by atoms with Gasteiger partial charge in [0.2, 0.25) is 5.95 Å². The first-order valence-electron chi connectivity index (χ1n) is 6.89. The molecule has 21 heavy (non-hydrogen) atoms. The number of hydrogen-bond acceptors (Lipinski definition) is 5. The van der Waals surface area contributed by atoms with Gasteiger partial charge in [0.15, 0.2) is 5.82 Å². The Kier molecular flexibility index (Phi) is 4.41. The Labute approximate surface area is 133 Å². The third-order valence-electron chi connectivity index (χ3n) is 3.44. The molecule has 1 aromatic carbocycles. The molecule has 7 heteroatoms. The van der Waals surface area contributed by atoms with Crippen molar-refractivity contribution in [3.8, 4) is 0 Å². The van der Waals surface area contributed by atoms with Gasteiger partial charge in [-0.15, -0.1) is 5.10 Å². The number of nitrogens with one attached hydrogen (secondary N) is 2. The maximum Gasteiger partial charge on any atom is 0.249 e. The van der Waals surface area contributed by atoms with Crippen LogP contribution in [-0.2, 0) is 0 Å². The van der Waals surface area contributed by atoms with Gasteiger partial charge in [0.25, 0.3) is 0 Å². The summed E-state index contributed by atoms with van der Waals surface area (Å²) in [5.41, 5.74) is 0.695. The Morgan fingerprint density at radius 1 is 1.14 bits per heavy atom. The van der Waals surface area contributed by atoms with Crippen LogP contribution >= 0.6 is 23.2 Å². The van der Waals surface area contributed by atoms with Crippen LogP contribution in [0.4, 0.5) is 17.5 Å². The zero-order chi connectivity index (χ0) is 14.7. The summed E-state index contributed by atoms with van der Waals surface area (Å²) in [5, 5.41) is 15.5. The monoisotopic (exact) mass is 323 g/mol. The quantitative estimate of drug-likeness (QED) is 0.879. The summed E-state index contributed by atoms with van der Waals surface area (Å²) in [7, 11) is 0.